The summed E-state index contributed by atoms with van der Waals surface area (Å²) < 4.78 is 18.5. The normalized spacial score (nSPS) is 10.3. The molecule has 0 aliphatic carbocycles. The van der Waals surface area contributed by atoms with E-state index in [1.165, 1.54) is 14.2 Å². The van der Waals surface area contributed by atoms with Gasteiger partial charge in [-0.1, -0.05) is 0 Å². The van der Waals surface area contributed by atoms with Gasteiger partial charge in [-0.15, -0.1) is 0 Å². The lowest BCUT2D eigenvalue weighted by molar-refractivity contribution is 0.0866. The van der Waals surface area contributed by atoms with Crippen LogP contribution in [0, 0.1) is 5.82 Å². The summed E-state index contributed by atoms with van der Waals surface area (Å²) in [6.45, 7) is 0.492. The summed E-state index contributed by atoms with van der Waals surface area (Å²) in [5.41, 5.74) is 3.54. The van der Waals surface area contributed by atoms with E-state index >= 15 is 0 Å². The summed E-state index contributed by atoms with van der Waals surface area (Å²) in [6.07, 6.45) is 0. The van der Waals surface area contributed by atoms with Crippen molar-refractivity contribution in [2.24, 2.45) is 0 Å². The highest BCUT2D eigenvalue weighted by molar-refractivity contribution is 9.10. The van der Waals surface area contributed by atoms with Gasteiger partial charge in [0.25, 0.3) is 0 Å². The fourth-order valence-electron chi connectivity index (χ4n) is 1.02. The lowest BCUT2D eigenvalue weighted by Gasteiger charge is -2.07. The maximum atomic E-state index is 13.3. The number of hydrogen-bond acceptors (Lipinski definition) is 3. The molecule has 1 aromatic rings. The Bertz CT molecular complexity index is 320. The molecule has 0 radical (unpaired) electrons. The van der Waals surface area contributed by atoms with Crippen molar-refractivity contribution in [3.63, 3.8) is 0 Å². The highest BCUT2D eigenvalue weighted by Gasteiger charge is 2.08. The first kappa shape index (κ1) is 11.4. The molecule has 1 rings (SSSR count). The van der Waals surface area contributed by atoms with Crippen LogP contribution in [0.25, 0.3) is 0 Å². The molecule has 0 saturated carbocycles. The molecule has 0 aromatic heterocycles. The van der Waals surface area contributed by atoms with Gasteiger partial charge in [0.15, 0.2) is 11.6 Å². The van der Waals surface area contributed by atoms with E-state index < -0.39 is 5.82 Å². The van der Waals surface area contributed by atoms with Crippen LogP contribution in [0.15, 0.2) is 16.6 Å². The van der Waals surface area contributed by atoms with Crippen LogP contribution < -0.4 is 10.2 Å². The monoisotopic (exact) mass is 263 g/mol. The molecule has 0 fully saturated rings. The quantitative estimate of drug-likeness (QED) is 0.846. The molecule has 0 atom stereocenters. The molecule has 0 unspecified atom stereocenters. The summed E-state index contributed by atoms with van der Waals surface area (Å²) in [5.74, 6) is -0.180. The van der Waals surface area contributed by atoms with Gasteiger partial charge in [-0.2, -0.15) is 5.48 Å². The van der Waals surface area contributed by atoms with Crippen molar-refractivity contribution in [3.05, 3.63) is 28.0 Å². The predicted octanol–water partition coefficient (Wildman–Crippen LogP) is 2.25. The number of ether oxygens (including phenoxy) is 1. The minimum atomic E-state index is -0.395. The van der Waals surface area contributed by atoms with Gasteiger partial charge in [0.1, 0.15) is 0 Å². The molecule has 3 nitrogen and oxygen atoms in total. The highest BCUT2D eigenvalue weighted by atomic mass is 79.9. The second-order valence-corrected chi connectivity index (χ2v) is 3.47. The van der Waals surface area contributed by atoms with E-state index in [1.54, 1.807) is 12.1 Å². The molecule has 1 aromatic carbocycles. The second-order valence-electron chi connectivity index (χ2n) is 2.62. The number of halogens is 2. The molecular formula is C9H11BrFNO2. The Morgan fingerprint density at radius 1 is 1.43 bits per heavy atom. The minimum Gasteiger partial charge on any atom is -0.494 e. The smallest absolute Gasteiger partial charge is 0.179 e. The lowest BCUT2D eigenvalue weighted by atomic mass is 10.2. The maximum Gasteiger partial charge on any atom is 0.179 e. The summed E-state index contributed by atoms with van der Waals surface area (Å²) >= 11 is 3.11. The average molecular weight is 264 g/mol. The zero-order chi connectivity index (χ0) is 10.6. The molecule has 5 heteroatoms. The second kappa shape index (κ2) is 5.29. The van der Waals surface area contributed by atoms with Crippen molar-refractivity contribution in [3.8, 4) is 5.75 Å². The summed E-state index contributed by atoms with van der Waals surface area (Å²) in [5, 5.41) is 0. The van der Waals surface area contributed by atoms with Crippen LogP contribution in [0.3, 0.4) is 0 Å². The van der Waals surface area contributed by atoms with E-state index in [9.17, 15) is 4.39 Å². The molecule has 0 aliphatic rings. The van der Waals surface area contributed by atoms with Crippen LogP contribution in [0.2, 0.25) is 0 Å². The molecule has 78 valence electrons. The maximum absolute atomic E-state index is 13.3. The minimum absolute atomic E-state index is 0.215. The first-order valence-electron chi connectivity index (χ1n) is 3.96. The Morgan fingerprint density at radius 3 is 2.71 bits per heavy atom. The zero-order valence-corrected chi connectivity index (χ0v) is 9.52. The molecule has 1 N–H and O–H groups in total. The van der Waals surface area contributed by atoms with E-state index in [0.29, 0.717) is 11.0 Å². The van der Waals surface area contributed by atoms with Crippen LogP contribution in [-0.4, -0.2) is 14.2 Å². The summed E-state index contributed by atoms with van der Waals surface area (Å²) in [6, 6.07) is 3.29. The van der Waals surface area contributed by atoms with Gasteiger partial charge < -0.3 is 9.57 Å². The van der Waals surface area contributed by atoms with Crippen molar-refractivity contribution in [1.82, 2.24) is 5.48 Å². The van der Waals surface area contributed by atoms with Crippen molar-refractivity contribution >= 4 is 15.9 Å². The third-order valence-corrected chi connectivity index (χ3v) is 2.27. The van der Waals surface area contributed by atoms with Crippen molar-refractivity contribution in [2.45, 2.75) is 6.54 Å². The summed E-state index contributed by atoms with van der Waals surface area (Å²) in [7, 11) is 2.95. The third-order valence-electron chi connectivity index (χ3n) is 1.70. The standard InChI is InChI=1S/C9H11BrFNO2/c1-13-8-4-6(5-12-14-2)3-7(10)9(8)11/h3-4,12H,5H2,1-2H3. The number of nitrogens with one attached hydrogen (secondary N) is 1. The first-order chi connectivity index (χ1) is 6.69. The van der Waals surface area contributed by atoms with Crippen LogP contribution in [-0.2, 0) is 11.4 Å². The Hall–Kier alpha value is -0.650. The Morgan fingerprint density at radius 2 is 2.14 bits per heavy atom. The predicted molar refractivity (Wildman–Crippen MR) is 54.5 cm³/mol. The fourth-order valence-corrected chi connectivity index (χ4v) is 1.51. The van der Waals surface area contributed by atoms with Gasteiger partial charge in [-0.05, 0) is 33.6 Å². The largest absolute Gasteiger partial charge is 0.494 e. The van der Waals surface area contributed by atoms with Crippen LogP contribution >= 0.6 is 15.9 Å². The molecule has 0 amide bonds. The molecule has 14 heavy (non-hydrogen) atoms. The molecule has 0 saturated heterocycles. The van der Waals surface area contributed by atoms with E-state index in [-0.39, 0.29) is 5.75 Å². The highest BCUT2D eigenvalue weighted by Crippen LogP contribution is 2.26. The Balaban J connectivity index is 2.91. The fraction of sp³-hybridized carbons (Fsp3) is 0.333. The van der Waals surface area contributed by atoms with Crippen LogP contribution in [0.1, 0.15) is 5.56 Å². The van der Waals surface area contributed by atoms with Crippen LogP contribution in [0.4, 0.5) is 4.39 Å². The van der Waals surface area contributed by atoms with Gasteiger partial charge >= 0.3 is 0 Å². The van der Waals surface area contributed by atoms with Crippen molar-refractivity contribution in [2.75, 3.05) is 14.2 Å². The van der Waals surface area contributed by atoms with Gasteiger partial charge in [0, 0.05) is 6.54 Å². The molecule has 0 heterocycles. The van der Waals surface area contributed by atoms with E-state index in [1.807, 2.05) is 0 Å². The zero-order valence-electron chi connectivity index (χ0n) is 7.93. The number of benzene rings is 1. The topological polar surface area (TPSA) is 30.5 Å². The lowest BCUT2D eigenvalue weighted by Crippen LogP contribution is -2.11. The van der Waals surface area contributed by atoms with Crippen molar-refractivity contribution < 1.29 is 14.0 Å². The number of rotatable bonds is 4. The van der Waals surface area contributed by atoms with E-state index in [2.05, 4.69) is 26.2 Å². The van der Waals surface area contributed by atoms with E-state index in [4.69, 9.17) is 4.74 Å². The summed E-state index contributed by atoms with van der Waals surface area (Å²) in [4.78, 5) is 4.69. The third kappa shape index (κ3) is 2.67. The van der Waals surface area contributed by atoms with Gasteiger partial charge in [-0.3, -0.25) is 0 Å². The van der Waals surface area contributed by atoms with E-state index in [0.717, 1.165) is 5.56 Å². The number of methoxy groups -OCH3 is 1. The SMILES string of the molecule is CONCc1cc(Br)c(F)c(OC)c1. The Kier molecular flexibility index (Phi) is 4.31. The number of hydroxylamine groups is 1. The van der Waals surface area contributed by atoms with Gasteiger partial charge in [-0.25, -0.2) is 4.39 Å². The molecule has 0 aliphatic heterocycles. The van der Waals surface area contributed by atoms with Crippen molar-refractivity contribution in [1.29, 1.82) is 0 Å². The molecule has 0 bridgehead atoms. The molecule has 0 spiro atoms. The average Bonchev–Trinajstić information content (AvgIpc) is 2.19. The number of hydrogen-bond donors (Lipinski definition) is 1. The van der Waals surface area contributed by atoms with Gasteiger partial charge in [0.05, 0.1) is 18.7 Å². The van der Waals surface area contributed by atoms with Crippen LogP contribution in [0.5, 0.6) is 5.75 Å². The van der Waals surface area contributed by atoms with Gasteiger partial charge in [0.2, 0.25) is 0 Å². The first-order valence-corrected chi connectivity index (χ1v) is 4.76. The molecular weight excluding hydrogens is 253 g/mol. The Labute approximate surface area is 90.3 Å².